The van der Waals surface area contributed by atoms with Gasteiger partial charge < -0.3 is 9.73 Å². The molecular weight excluding hydrogens is 281 g/mol. The molecular formula is C15H17Cl2NO. The molecule has 0 saturated carbocycles. The van der Waals surface area contributed by atoms with Crippen molar-refractivity contribution in [2.75, 3.05) is 6.54 Å². The highest BCUT2D eigenvalue weighted by atomic mass is 35.5. The summed E-state index contributed by atoms with van der Waals surface area (Å²) < 4.78 is 5.58. The van der Waals surface area contributed by atoms with E-state index in [-0.39, 0.29) is 6.04 Å². The van der Waals surface area contributed by atoms with E-state index in [1.807, 2.05) is 25.1 Å². The fourth-order valence-corrected chi connectivity index (χ4v) is 2.55. The van der Waals surface area contributed by atoms with Gasteiger partial charge in [0.1, 0.15) is 5.76 Å². The Morgan fingerprint density at radius 1 is 1.26 bits per heavy atom. The monoisotopic (exact) mass is 297 g/mol. The van der Waals surface area contributed by atoms with Crippen LogP contribution < -0.4 is 5.32 Å². The Balaban J connectivity index is 2.26. The number of hydrogen-bond acceptors (Lipinski definition) is 2. The van der Waals surface area contributed by atoms with Crippen LogP contribution in [-0.4, -0.2) is 6.54 Å². The van der Waals surface area contributed by atoms with Crippen molar-refractivity contribution in [3.05, 3.63) is 57.5 Å². The van der Waals surface area contributed by atoms with Crippen molar-refractivity contribution in [3.63, 3.8) is 0 Å². The first-order valence-electron chi connectivity index (χ1n) is 6.33. The Labute approximate surface area is 123 Å². The second kappa shape index (κ2) is 6.47. The molecule has 1 heterocycles. The van der Waals surface area contributed by atoms with Crippen LogP contribution in [0.25, 0.3) is 0 Å². The fraction of sp³-hybridized carbons (Fsp3) is 0.333. The first kappa shape index (κ1) is 14.4. The summed E-state index contributed by atoms with van der Waals surface area (Å²) in [5.41, 5.74) is 2.17. The lowest BCUT2D eigenvalue weighted by molar-refractivity contribution is 0.414. The molecule has 0 aliphatic rings. The van der Waals surface area contributed by atoms with Crippen LogP contribution in [0.2, 0.25) is 10.0 Å². The zero-order chi connectivity index (χ0) is 13.8. The molecule has 4 heteroatoms. The van der Waals surface area contributed by atoms with Crippen molar-refractivity contribution in [2.45, 2.75) is 26.3 Å². The third-order valence-electron chi connectivity index (χ3n) is 3.10. The molecule has 1 aromatic carbocycles. The molecule has 1 aromatic heterocycles. The van der Waals surface area contributed by atoms with Crippen LogP contribution in [0.4, 0.5) is 0 Å². The van der Waals surface area contributed by atoms with Crippen molar-refractivity contribution in [2.24, 2.45) is 0 Å². The molecule has 0 fully saturated rings. The largest absolute Gasteiger partial charge is 0.467 e. The van der Waals surface area contributed by atoms with Gasteiger partial charge in [-0.1, -0.05) is 30.1 Å². The molecule has 0 aliphatic carbocycles. The molecule has 2 rings (SSSR count). The predicted octanol–water partition coefficient (Wildman–Crippen LogP) is 4.79. The van der Waals surface area contributed by atoms with E-state index >= 15 is 0 Å². The number of hydrogen-bond donors (Lipinski definition) is 1. The van der Waals surface area contributed by atoms with Crippen LogP contribution in [0.1, 0.15) is 29.9 Å². The number of furan rings is 1. The van der Waals surface area contributed by atoms with Gasteiger partial charge in [-0.05, 0) is 55.3 Å². The number of halogens is 2. The molecule has 0 bridgehead atoms. The normalized spacial score (nSPS) is 12.6. The summed E-state index contributed by atoms with van der Waals surface area (Å²) in [5, 5.41) is 4.86. The molecule has 2 nitrogen and oxygen atoms in total. The van der Waals surface area contributed by atoms with Crippen LogP contribution in [0, 0.1) is 6.92 Å². The number of nitrogens with one attached hydrogen (secondary N) is 1. The first-order chi connectivity index (χ1) is 9.11. The van der Waals surface area contributed by atoms with E-state index < -0.39 is 0 Å². The van der Waals surface area contributed by atoms with E-state index in [1.54, 1.807) is 12.3 Å². The quantitative estimate of drug-likeness (QED) is 0.858. The van der Waals surface area contributed by atoms with Crippen molar-refractivity contribution >= 4 is 23.2 Å². The van der Waals surface area contributed by atoms with Crippen LogP contribution in [0.3, 0.4) is 0 Å². The van der Waals surface area contributed by atoms with E-state index in [2.05, 4.69) is 12.2 Å². The van der Waals surface area contributed by atoms with Crippen LogP contribution >= 0.6 is 23.2 Å². The third kappa shape index (κ3) is 3.53. The van der Waals surface area contributed by atoms with E-state index in [9.17, 15) is 0 Å². The number of likely N-dealkylation sites (N-methyl/N-ethyl adjacent to an activating group) is 1. The fourth-order valence-electron chi connectivity index (χ4n) is 2.17. The predicted molar refractivity (Wildman–Crippen MR) is 80.0 cm³/mol. The van der Waals surface area contributed by atoms with E-state index in [4.69, 9.17) is 27.6 Å². The SMILES string of the molecule is CCNC(Cc1cc(Cl)ccc1Cl)c1occc1C. The molecule has 102 valence electrons. The summed E-state index contributed by atoms with van der Waals surface area (Å²) in [5.74, 6) is 0.956. The Morgan fingerprint density at radius 2 is 2.05 bits per heavy atom. The lowest BCUT2D eigenvalue weighted by Gasteiger charge is -2.17. The maximum atomic E-state index is 6.22. The van der Waals surface area contributed by atoms with Gasteiger partial charge in [0.05, 0.1) is 12.3 Å². The van der Waals surface area contributed by atoms with Crippen molar-refractivity contribution < 1.29 is 4.42 Å². The average molecular weight is 298 g/mol. The molecule has 0 aliphatic heterocycles. The summed E-state index contributed by atoms with van der Waals surface area (Å²) in [6, 6.07) is 7.62. The van der Waals surface area contributed by atoms with Gasteiger partial charge in [-0.2, -0.15) is 0 Å². The summed E-state index contributed by atoms with van der Waals surface area (Å²) in [6.45, 7) is 4.98. The average Bonchev–Trinajstić information content (AvgIpc) is 2.79. The minimum atomic E-state index is 0.107. The highest BCUT2D eigenvalue weighted by molar-refractivity contribution is 6.33. The smallest absolute Gasteiger partial charge is 0.123 e. The number of benzene rings is 1. The van der Waals surface area contributed by atoms with Gasteiger partial charge in [-0.25, -0.2) is 0 Å². The molecule has 0 spiro atoms. The standard InChI is InChI=1S/C15H17Cl2NO/c1-3-18-14(15-10(2)6-7-19-15)9-11-8-12(16)4-5-13(11)17/h4-8,14,18H,3,9H2,1-2H3. The molecule has 1 atom stereocenters. The molecule has 0 saturated heterocycles. The second-order valence-corrected chi connectivity index (χ2v) is 5.36. The van der Waals surface area contributed by atoms with Gasteiger partial charge >= 0.3 is 0 Å². The molecule has 0 radical (unpaired) electrons. The third-order valence-corrected chi connectivity index (χ3v) is 3.70. The summed E-state index contributed by atoms with van der Waals surface area (Å²) in [7, 11) is 0. The Morgan fingerprint density at radius 3 is 2.68 bits per heavy atom. The van der Waals surface area contributed by atoms with Gasteiger partial charge in [-0.15, -0.1) is 0 Å². The van der Waals surface area contributed by atoms with E-state index in [1.165, 1.54) is 0 Å². The maximum Gasteiger partial charge on any atom is 0.123 e. The minimum absolute atomic E-state index is 0.107. The lowest BCUT2D eigenvalue weighted by Crippen LogP contribution is -2.23. The van der Waals surface area contributed by atoms with Crippen LogP contribution in [0.15, 0.2) is 34.9 Å². The van der Waals surface area contributed by atoms with Gasteiger partial charge in [-0.3, -0.25) is 0 Å². The number of rotatable bonds is 5. The Hall–Kier alpha value is -0.960. The summed E-state index contributed by atoms with van der Waals surface area (Å²) in [4.78, 5) is 0. The van der Waals surface area contributed by atoms with E-state index in [0.29, 0.717) is 5.02 Å². The van der Waals surface area contributed by atoms with Gasteiger partial charge in [0, 0.05) is 10.0 Å². The van der Waals surface area contributed by atoms with Crippen molar-refractivity contribution in [1.29, 1.82) is 0 Å². The van der Waals surface area contributed by atoms with Crippen molar-refractivity contribution in [1.82, 2.24) is 5.32 Å². The van der Waals surface area contributed by atoms with Gasteiger partial charge in [0.2, 0.25) is 0 Å². The zero-order valence-electron chi connectivity index (χ0n) is 11.0. The van der Waals surface area contributed by atoms with Crippen LogP contribution in [0.5, 0.6) is 0 Å². The highest BCUT2D eigenvalue weighted by Gasteiger charge is 2.18. The number of aryl methyl sites for hydroxylation is 1. The van der Waals surface area contributed by atoms with E-state index in [0.717, 1.165) is 34.9 Å². The molecule has 0 amide bonds. The summed E-state index contributed by atoms with van der Waals surface area (Å²) in [6.07, 6.45) is 2.47. The topological polar surface area (TPSA) is 25.2 Å². The Kier molecular flexibility index (Phi) is 4.92. The zero-order valence-corrected chi connectivity index (χ0v) is 12.6. The molecule has 19 heavy (non-hydrogen) atoms. The first-order valence-corrected chi connectivity index (χ1v) is 7.08. The maximum absolute atomic E-state index is 6.22. The van der Waals surface area contributed by atoms with Crippen LogP contribution in [-0.2, 0) is 6.42 Å². The summed E-state index contributed by atoms with van der Waals surface area (Å²) >= 11 is 12.3. The minimum Gasteiger partial charge on any atom is -0.467 e. The van der Waals surface area contributed by atoms with Gasteiger partial charge in [0.15, 0.2) is 0 Å². The molecule has 1 N–H and O–H groups in total. The van der Waals surface area contributed by atoms with Gasteiger partial charge in [0.25, 0.3) is 0 Å². The lowest BCUT2D eigenvalue weighted by atomic mass is 10.0. The molecule has 2 aromatic rings. The molecule has 1 unspecified atom stereocenters. The Bertz CT molecular complexity index is 551. The highest BCUT2D eigenvalue weighted by Crippen LogP contribution is 2.28. The van der Waals surface area contributed by atoms with Crippen molar-refractivity contribution in [3.8, 4) is 0 Å². The second-order valence-electron chi connectivity index (χ2n) is 4.52.